The monoisotopic (exact) mass is 241 g/mol. The van der Waals surface area contributed by atoms with Crippen molar-refractivity contribution in [2.24, 2.45) is 0 Å². The van der Waals surface area contributed by atoms with Crippen LogP contribution in [0.5, 0.6) is 0 Å². The van der Waals surface area contributed by atoms with Gasteiger partial charge in [0, 0.05) is 6.42 Å². The summed E-state index contributed by atoms with van der Waals surface area (Å²) in [7, 11) is 0. The van der Waals surface area contributed by atoms with Gasteiger partial charge >= 0.3 is 0 Å². The largest absolute Gasteiger partial charge is 0.319 e. The van der Waals surface area contributed by atoms with Crippen LogP contribution in [0.2, 0.25) is 0 Å². The third kappa shape index (κ3) is 1.45. The summed E-state index contributed by atoms with van der Waals surface area (Å²) in [6, 6.07) is 7.83. The van der Waals surface area contributed by atoms with E-state index in [4.69, 9.17) is 0 Å². The van der Waals surface area contributed by atoms with Gasteiger partial charge < -0.3 is 4.98 Å². The van der Waals surface area contributed by atoms with Gasteiger partial charge in [0.05, 0.1) is 16.7 Å². The molecule has 0 aliphatic rings. The van der Waals surface area contributed by atoms with E-state index in [0.29, 0.717) is 5.52 Å². The van der Waals surface area contributed by atoms with Crippen LogP contribution in [-0.4, -0.2) is 14.4 Å². The summed E-state index contributed by atoms with van der Waals surface area (Å²) in [5.41, 5.74) is 3.25. The molecule has 0 aliphatic carbocycles. The van der Waals surface area contributed by atoms with E-state index in [1.54, 1.807) is 0 Å². The van der Waals surface area contributed by atoms with Gasteiger partial charge in [-0.2, -0.15) is 0 Å². The van der Waals surface area contributed by atoms with E-state index in [1.165, 1.54) is 0 Å². The maximum Gasteiger partial charge on any atom is 0.274 e. The topological polar surface area (TPSA) is 50.2 Å². The molecule has 0 fully saturated rings. The Labute approximate surface area is 104 Å². The lowest BCUT2D eigenvalue weighted by molar-refractivity contribution is 0.836. The first-order valence-corrected chi connectivity index (χ1v) is 6.21. The Kier molecular flexibility index (Phi) is 2.44. The molecule has 18 heavy (non-hydrogen) atoms. The zero-order chi connectivity index (χ0) is 12.7. The van der Waals surface area contributed by atoms with E-state index in [2.05, 4.69) is 16.9 Å². The van der Waals surface area contributed by atoms with Crippen LogP contribution >= 0.6 is 0 Å². The highest BCUT2D eigenvalue weighted by molar-refractivity contribution is 5.78. The Morgan fingerprint density at radius 3 is 2.89 bits per heavy atom. The fraction of sp³-hybridized carbons (Fsp3) is 0.286. The molecule has 0 atom stereocenters. The number of fused-ring (bicyclic) bond motifs is 3. The van der Waals surface area contributed by atoms with Crippen molar-refractivity contribution in [3.63, 3.8) is 0 Å². The van der Waals surface area contributed by atoms with Crippen LogP contribution in [0.3, 0.4) is 0 Å². The molecule has 0 saturated heterocycles. The highest BCUT2D eigenvalue weighted by atomic mass is 16.1. The van der Waals surface area contributed by atoms with Gasteiger partial charge in [-0.15, -0.1) is 0 Å². The smallest absolute Gasteiger partial charge is 0.274 e. The van der Waals surface area contributed by atoms with Gasteiger partial charge in [-0.3, -0.25) is 9.20 Å². The number of para-hydroxylation sites is 2. The lowest BCUT2D eigenvalue weighted by Crippen LogP contribution is -2.11. The first-order valence-electron chi connectivity index (χ1n) is 6.21. The fourth-order valence-electron chi connectivity index (χ4n) is 2.46. The number of hydrogen-bond donors (Lipinski definition) is 1. The number of benzene rings is 1. The van der Waals surface area contributed by atoms with Crippen molar-refractivity contribution in [3.8, 4) is 0 Å². The van der Waals surface area contributed by atoms with Crippen molar-refractivity contribution in [2.45, 2.75) is 26.7 Å². The molecular weight excluding hydrogens is 226 g/mol. The molecule has 2 aromatic heterocycles. The molecule has 0 spiro atoms. The molecule has 1 N–H and O–H groups in total. The van der Waals surface area contributed by atoms with E-state index in [0.717, 1.165) is 35.4 Å². The number of aryl methyl sites for hydroxylation is 2. The highest BCUT2D eigenvalue weighted by Crippen LogP contribution is 2.17. The predicted octanol–water partition coefficient (Wildman–Crippen LogP) is 2.44. The zero-order valence-electron chi connectivity index (χ0n) is 10.5. The summed E-state index contributed by atoms with van der Waals surface area (Å²) >= 11 is 0. The van der Waals surface area contributed by atoms with Gasteiger partial charge in [0.2, 0.25) is 0 Å². The maximum absolute atomic E-state index is 12.1. The standard InChI is InChI=1S/C14H15N3O/c1-3-6-12-15-9(2)13-14(18)16-10-7-4-5-8-11(10)17(12)13/h4-5,7-8H,3,6H2,1-2H3,(H,16,18). The summed E-state index contributed by atoms with van der Waals surface area (Å²) in [6.07, 6.45) is 1.89. The van der Waals surface area contributed by atoms with Gasteiger partial charge in [-0.05, 0) is 25.5 Å². The Morgan fingerprint density at radius 1 is 1.33 bits per heavy atom. The van der Waals surface area contributed by atoms with Crippen LogP contribution in [0.1, 0.15) is 24.9 Å². The third-order valence-corrected chi connectivity index (χ3v) is 3.20. The lowest BCUT2D eigenvalue weighted by Gasteiger charge is -2.04. The number of imidazole rings is 1. The van der Waals surface area contributed by atoms with E-state index in [-0.39, 0.29) is 5.56 Å². The van der Waals surface area contributed by atoms with Crippen molar-refractivity contribution < 1.29 is 0 Å². The minimum atomic E-state index is -0.0685. The van der Waals surface area contributed by atoms with E-state index in [1.807, 2.05) is 35.6 Å². The molecule has 92 valence electrons. The van der Waals surface area contributed by atoms with Crippen molar-refractivity contribution in [3.05, 3.63) is 46.1 Å². The Bertz CT molecular complexity index is 783. The number of aromatic amines is 1. The molecule has 3 rings (SSSR count). The molecule has 1 aromatic carbocycles. The van der Waals surface area contributed by atoms with Crippen molar-refractivity contribution in [2.75, 3.05) is 0 Å². The first-order chi connectivity index (χ1) is 8.72. The summed E-state index contributed by atoms with van der Waals surface area (Å²) in [5, 5.41) is 0. The average Bonchev–Trinajstić information content (AvgIpc) is 2.68. The van der Waals surface area contributed by atoms with Gasteiger partial charge in [-0.25, -0.2) is 4.98 Å². The van der Waals surface area contributed by atoms with Crippen LogP contribution in [0.15, 0.2) is 29.1 Å². The summed E-state index contributed by atoms with van der Waals surface area (Å²) < 4.78 is 1.99. The van der Waals surface area contributed by atoms with Crippen LogP contribution in [0.4, 0.5) is 0 Å². The molecule has 0 saturated carbocycles. The Balaban J connectivity index is 2.56. The molecule has 4 nitrogen and oxygen atoms in total. The highest BCUT2D eigenvalue weighted by Gasteiger charge is 2.13. The predicted molar refractivity (Wildman–Crippen MR) is 72.1 cm³/mol. The van der Waals surface area contributed by atoms with E-state index >= 15 is 0 Å². The molecule has 0 unspecified atom stereocenters. The second-order valence-corrected chi connectivity index (χ2v) is 4.52. The molecule has 0 amide bonds. The Hall–Kier alpha value is -2.10. The normalized spacial score (nSPS) is 11.4. The van der Waals surface area contributed by atoms with Crippen LogP contribution in [0.25, 0.3) is 16.6 Å². The fourth-order valence-corrected chi connectivity index (χ4v) is 2.46. The van der Waals surface area contributed by atoms with E-state index in [9.17, 15) is 4.79 Å². The molecule has 0 bridgehead atoms. The molecule has 4 heteroatoms. The minimum absolute atomic E-state index is 0.0685. The second-order valence-electron chi connectivity index (χ2n) is 4.52. The SMILES string of the molecule is CCCc1nc(C)c2c(=O)[nH]c3ccccc3n12. The van der Waals surface area contributed by atoms with Crippen molar-refractivity contribution >= 4 is 16.6 Å². The zero-order valence-corrected chi connectivity index (χ0v) is 10.5. The summed E-state index contributed by atoms with van der Waals surface area (Å²) in [6.45, 7) is 4.00. The summed E-state index contributed by atoms with van der Waals surface area (Å²) in [4.78, 5) is 19.6. The van der Waals surface area contributed by atoms with Gasteiger partial charge in [-0.1, -0.05) is 19.1 Å². The number of rotatable bonds is 2. The molecule has 2 heterocycles. The minimum Gasteiger partial charge on any atom is -0.319 e. The molecule has 0 radical (unpaired) electrons. The molecular formula is C14H15N3O. The van der Waals surface area contributed by atoms with Crippen LogP contribution in [-0.2, 0) is 6.42 Å². The number of hydrogen-bond acceptors (Lipinski definition) is 2. The number of nitrogens with one attached hydrogen (secondary N) is 1. The first kappa shape index (κ1) is 11.0. The second kappa shape index (κ2) is 3.98. The molecule has 3 aromatic rings. The maximum atomic E-state index is 12.1. The van der Waals surface area contributed by atoms with Gasteiger partial charge in [0.1, 0.15) is 11.3 Å². The number of aromatic nitrogens is 3. The number of H-pyrrole nitrogens is 1. The van der Waals surface area contributed by atoms with Crippen LogP contribution in [0, 0.1) is 6.92 Å². The summed E-state index contributed by atoms with van der Waals surface area (Å²) in [5.74, 6) is 0.965. The van der Waals surface area contributed by atoms with Crippen LogP contribution < -0.4 is 5.56 Å². The molecule has 0 aliphatic heterocycles. The van der Waals surface area contributed by atoms with Crippen molar-refractivity contribution in [1.29, 1.82) is 0 Å². The average molecular weight is 241 g/mol. The Morgan fingerprint density at radius 2 is 2.11 bits per heavy atom. The van der Waals surface area contributed by atoms with Gasteiger partial charge in [0.15, 0.2) is 0 Å². The quantitative estimate of drug-likeness (QED) is 0.749. The van der Waals surface area contributed by atoms with E-state index < -0.39 is 0 Å². The number of nitrogens with zero attached hydrogens (tertiary/aromatic N) is 2. The van der Waals surface area contributed by atoms with Crippen molar-refractivity contribution in [1.82, 2.24) is 14.4 Å². The van der Waals surface area contributed by atoms with Gasteiger partial charge in [0.25, 0.3) is 5.56 Å². The third-order valence-electron chi connectivity index (χ3n) is 3.20. The lowest BCUT2D eigenvalue weighted by atomic mass is 10.2.